The topological polar surface area (TPSA) is 137 Å². The summed E-state index contributed by atoms with van der Waals surface area (Å²) in [7, 11) is 1.53. The summed E-state index contributed by atoms with van der Waals surface area (Å²) in [6.07, 6.45) is 0.518. The highest BCUT2D eigenvalue weighted by Gasteiger charge is 2.46. The van der Waals surface area contributed by atoms with Crippen molar-refractivity contribution in [3.05, 3.63) is 65.7 Å². The van der Waals surface area contributed by atoms with Gasteiger partial charge >= 0.3 is 6.09 Å². The van der Waals surface area contributed by atoms with Crippen LogP contribution >= 0.6 is 0 Å². The zero-order chi connectivity index (χ0) is 26.3. The zero-order valence-electron chi connectivity index (χ0n) is 21.4. The van der Waals surface area contributed by atoms with Crippen molar-refractivity contribution < 1.29 is 24.2 Å². The van der Waals surface area contributed by atoms with Crippen LogP contribution < -0.4 is 21.5 Å². The van der Waals surface area contributed by atoms with Crippen molar-refractivity contribution >= 4 is 11.9 Å². The Morgan fingerprint density at radius 1 is 1.06 bits per heavy atom. The first-order chi connectivity index (χ1) is 17.2. The Kier molecular flexibility index (Phi) is 9.48. The molecule has 196 valence electrons. The van der Waals surface area contributed by atoms with Crippen LogP contribution in [-0.2, 0) is 10.2 Å². The van der Waals surface area contributed by atoms with Crippen molar-refractivity contribution in [2.24, 2.45) is 17.4 Å². The standard InChI is InChI=1S/C28H39N3O5/c1-18(2)17-22(29)26(33)31-27(34)36-20-13-15-28(16-14-20,19-9-5-4-6-10-19)25(30)24(32)21-11-7-8-12-23(21)35-3/h4-12,18,20,22,25-26,33H,13-17,29-30H2,1-3H3,(H,31,34)/t20?,22-,25?,26-,28?/m0/s1. The third-order valence-corrected chi connectivity index (χ3v) is 7.11. The number of para-hydroxylation sites is 1. The normalized spacial score (nSPS) is 22.4. The number of aliphatic hydroxyl groups is 1. The van der Waals surface area contributed by atoms with E-state index in [1.165, 1.54) is 7.11 Å². The Morgan fingerprint density at radius 3 is 2.28 bits per heavy atom. The summed E-state index contributed by atoms with van der Waals surface area (Å²) in [5.74, 6) is 0.597. The van der Waals surface area contributed by atoms with E-state index in [-0.39, 0.29) is 11.9 Å². The highest BCUT2D eigenvalue weighted by Crippen LogP contribution is 2.43. The number of alkyl carbamates (subject to hydrolysis) is 1. The maximum Gasteiger partial charge on any atom is 0.409 e. The molecule has 1 saturated carbocycles. The van der Waals surface area contributed by atoms with E-state index >= 15 is 0 Å². The van der Waals surface area contributed by atoms with E-state index in [4.69, 9.17) is 20.9 Å². The minimum Gasteiger partial charge on any atom is -0.496 e. The highest BCUT2D eigenvalue weighted by atomic mass is 16.6. The van der Waals surface area contributed by atoms with Gasteiger partial charge in [0.2, 0.25) is 0 Å². The molecule has 8 nitrogen and oxygen atoms in total. The third-order valence-electron chi connectivity index (χ3n) is 7.11. The number of ether oxygens (including phenoxy) is 2. The fourth-order valence-electron chi connectivity index (χ4n) is 5.13. The van der Waals surface area contributed by atoms with Crippen LogP contribution in [0.2, 0.25) is 0 Å². The summed E-state index contributed by atoms with van der Waals surface area (Å²) in [6.45, 7) is 3.99. The molecule has 8 heteroatoms. The van der Waals surface area contributed by atoms with E-state index in [0.29, 0.717) is 49.3 Å². The van der Waals surface area contributed by atoms with Crippen molar-refractivity contribution in [3.8, 4) is 5.75 Å². The van der Waals surface area contributed by atoms with E-state index in [0.717, 1.165) is 5.56 Å². The lowest BCUT2D eigenvalue weighted by atomic mass is 9.63. The summed E-state index contributed by atoms with van der Waals surface area (Å²) in [4.78, 5) is 26.0. The SMILES string of the molecule is COc1ccccc1C(=O)C(N)C1(c2ccccc2)CCC(OC(=O)N[C@@H](O)[C@@H](N)CC(C)C)CC1. The van der Waals surface area contributed by atoms with E-state index in [1.807, 2.05) is 50.2 Å². The van der Waals surface area contributed by atoms with E-state index in [9.17, 15) is 14.7 Å². The number of hydrogen-bond donors (Lipinski definition) is 4. The number of aliphatic hydroxyl groups excluding tert-OH is 1. The molecule has 0 heterocycles. The maximum absolute atomic E-state index is 13.6. The van der Waals surface area contributed by atoms with Gasteiger partial charge in [-0.05, 0) is 55.7 Å². The van der Waals surface area contributed by atoms with Crippen LogP contribution in [0.3, 0.4) is 0 Å². The Hall–Kier alpha value is -2.94. The predicted molar refractivity (Wildman–Crippen MR) is 139 cm³/mol. The average Bonchev–Trinajstić information content (AvgIpc) is 2.88. The number of methoxy groups -OCH3 is 1. The molecule has 6 N–H and O–H groups in total. The summed E-state index contributed by atoms with van der Waals surface area (Å²) < 4.78 is 11.0. The summed E-state index contributed by atoms with van der Waals surface area (Å²) in [6, 6.07) is 15.5. The van der Waals surface area contributed by atoms with Crippen molar-refractivity contribution in [3.63, 3.8) is 0 Å². The Bertz CT molecular complexity index is 1010. The highest BCUT2D eigenvalue weighted by molar-refractivity contribution is 6.03. The quantitative estimate of drug-likeness (QED) is 0.291. The van der Waals surface area contributed by atoms with Gasteiger partial charge in [0.1, 0.15) is 18.1 Å². The number of amides is 1. The van der Waals surface area contributed by atoms with E-state index in [1.54, 1.807) is 18.2 Å². The number of rotatable bonds is 10. The number of hydrogen-bond acceptors (Lipinski definition) is 7. The number of nitrogens with two attached hydrogens (primary N) is 2. The van der Waals surface area contributed by atoms with Crippen LogP contribution in [0.4, 0.5) is 4.79 Å². The molecule has 36 heavy (non-hydrogen) atoms. The number of ketones is 1. The van der Waals surface area contributed by atoms with Gasteiger partial charge in [-0.25, -0.2) is 4.79 Å². The lowest BCUT2D eigenvalue weighted by molar-refractivity contribution is 0.0317. The largest absolute Gasteiger partial charge is 0.496 e. The number of nitrogens with one attached hydrogen (secondary N) is 1. The van der Waals surface area contributed by atoms with Crippen LogP contribution in [0.5, 0.6) is 5.75 Å². The predicted octanol–water partition coefficient (Wildman–Crippen LogP) is 3.50. The molecule has 1 aliphatic rings. The van der Waals surface area contributed by atoms with Gasteiger partial charge in [-0.15, -0.1) is 0 Å². The number of carbonyl (C=O) groups is 2. The molecule has 1 aliphatic carbocycles. The van der Waals surface area contributed by atoms with Crippen molar-refractivity contribution in [2.45, 2.75) is 75.8 Å². The Morgan fingerprint density at radius 2 is 1.67 bits per heavy atom. The average molecular weight is 498 g/mol. The molecule has 0 aliphatic heterocycles. The van der Waals surface area contributed by atoms with Gasteiger partial charge in [-0.1, -0.05) is 56.3 Å². The van der Waals surface area contributed by atoms with Gasteiger partial charge in [-0.3, -0.25) is 10.1 Å². The molecule has 3 rings (SSSR count). The number of benzene rings is 2. The van der Waals surface area contributed by atoms with Crippen molar-refractivity contribution in [1.29, 1.82) is 0 Å². The molecule has 0 bridgehead atoms. The molecule has 0 spiro atoms. The third kappa shape index (κ3) is 6.43. The fourth-order valence-corrected chi connectivity index (χ4v) is 5.13. The van der Waals surface area contributed by atoms with Gasteiger partial charge in [-0.2, -0.15) is 0 Å². The smallest absolute Gasteiger partial charge is 0.409 e. The molecule has 0 saturated heterocycles. The first-order valence-electron chi connectivity index (χ1n) is 12.6. The Balaban J connectivity index is 1.72. The van der Waals surface area contributed by atoms with Crippen LogP contribution in [0.25, 0.3) is 0 Å². The van der Waals surface area contributed by atoms with Gasteiger partial charge < -0.3 is 26.0 Å². The molecule has 0 radical (unpaired) electrons. The molecule has 0 aromatic heterocycles. The first-order valence-corrected chi connectivity index (χ1v) is 12.6. The summed E-state index contributed by atoms with van der Waals surface area (Å²) >= 11 is 0. The van der Waals surface area contributed by atoms with E-state index in [2.05, 4.69) is 5.32 Å². The molecule has 3 atom stereocenters. The van der Waals surface area contributed by atoms with Gasteiger partial charge in [0.25, 0.3) is 0 Å². The second-order valence-corrected chi connectivity index (χ2v) is 10.1. The Labute approximate surface area is 213 Å². The number of carbonyl (C=O) groups excluding carboxylic acids is 2. The summed E-state index contributed by atoms with van der Waals surface area (Å²) in [5.41, 5.74) is 13.5. The van der Waals surface area contributed by atoms with Gasteiger partial charge in [0.15, 0.2) is 5.78 Å². The molecule has 1 fully saturated rings. The zero-order valence-corrected chi connectivity index (χ0v) is 21.4. The van der Waals surface area contributed by atoms with E-state index < -0.39 is 29.8 Å². The monoisotopic (exact) mass is 497 g/mol. The minimum absolute atomic E-state index is 0.185. The van der Waals surface area contributed by atoms with Crippen LogP contribution in [0.15, 0.2) is 54.6 Å². The second kappa shape index (κ2) is 12.3. The minimum atomic E-state index is -1.18. The fraction of sp³-hybridized carbons (Fsp3) is 0.500. The molecule has 1 amide bonds. The van der Waals surface area contributed by atoms with Crippen molar-refractivity contribution in [1.82, 2.24) is 5.32 Å². The van der Waals surface area contributed by atoms with Crippen LogP contribution in [0.1, 0.15) is 61.9 Å². The van der Waals surface area contributed by atoms with Gasteiger partial charge in [0.05, 0.1) is 18.7 Å². The molecule has 2 aromatic carbocycles. The molecular weight excluding hydrogens is 458 g/mol. The van der Waals surface area contributed by atoms with Crippen molar-refractivity contribution in [2.75, 3.05) is 7.11 Å². The molecular formula is C28H39N3O5. The van der Waals surface area contributed by atoms with Crippen LogP contribution in [-0.4, -0.2) is 48.5 Å². The van der Waals surface area contributed by atoms with Crippen LogP contribution in [0, 0.1) is 5.92 Å². The molecule has 1 unspecified atom stereocenters. The summed E-state index contributed by atoms with van der Waals surface area (Å²) in [5, 5.41) is 12.6. The lowest BCUT2D eigenvalue weighted by Gasteiger charge is -2.44. The molecule has 2 aromatic rings. The first kappa shape index (κ1) is 27.6. The number of Topliss-reactive ketones (excluding diaryl/α,β-unsaturated/α-hetero) is 1. The van der Waals surface area contributed by atoms with Gasteiger partial charge in [0, 0.05) is 11.5 Å². The lowest BCUT2D eigenvalue weighted by Crippen LogP contribution is -2.53. The second-order valence-electron chi connectivity index (χ2n) is 10.1. The maximum atomic E-state index is 13.6.